The molecule has 0 spiro atoms. The molecule has 0 radical (unpaired) electrons. The van der Waals surface area contributed by atoms with Gasteiger partial charge in [-0.3, -0.25) is 0 Å². The average Bonchev–Trinajstić information content (AvgIpc) is 2.92. The summed E-state index contributed by atoms with van der Waals surface area (Å²) in [6.07, 6.45) is 7.49. The molecular weight excluding hydrogens is 249 g/mol. The molecule has 2 rings (SSSR count). The number of likely N-dealkylation sites (N-methyl/N-ethyl adjacent to an activating group) is 1. The van der Waals surface area contributed by atoms with E-state index in [1.54, 1.807) is 12.1 Å². The molecule has 1 fully saturated rings. The number of aryl methyl sites for hydroxylation is 1. The summed E-state index contributed by atoms with van der Waals surface area (Å²) >= 11 is 0. The van der Waals surface area contributed by atoms with Crippen molar-refractivity contribution in [3.63, 3.8) is 0 Å². The molecule has 0 heterocycles. The Morgan fingerprint density at radius 1 is 1.25 bits per heavy atom. The van der Waals surface area contributed by atoms with Gasteiger partial charge in [0.05, 0.1) is 0 Å². The van der Waals surface area contributed by atoms with Gasteiger partial charge in [0.2, 0.25) is 0 Å². The van der Waals surface area contributed by atoms with Crippen molar-refractivity contribution in [2.45, 2.75) is 65.3 Å². The van der Waals surface area contributed by atoms with Crippen molar-refractivity contribution < 1.29 is 4.39 Å². The Hall–Kier alpha value is -0.890. The zero-order valence-electron chi connectivity index (χ0n) is 13.1. The van der Waals surface area contributed by atoms with Gasteiger partial charge in [-0.25, -0.2) is 4.39 Å². The minimum Gasteiger partial charge on any atom is -0.313 e. The van der Waals surface area contributed by atoms with Crippen LogP contribution in [0.1, 0.15) is 57.1 Å². The molecule has 1 saturated carbocycles. The van der Waals surface area contributed by atoms with Crippen LogP contribution in [0.5, 0.6) is 0 Å². The van der Waals surface area contributed by atoms with Crippen LogP contribution in [0.2, 0.25) is 0 Å². The maximum Gasteiger partial charge on any atom is 0.123 e. The monoisotopic (exact) mass is 277 g/mol. The largest absolute Gasteiger partial charge is 0.313 e. The zero-order valence-corrected chi connectivity index (χ0v) is 13.1. The maximum atomic E-state index is 13.5. The Morgan fingerprint density at radius 2 is 1.95 bits per heavy atom. The van der Waals surface area contributed by atoms with E-state index in [1.165, 1.54) is 37.7 Å². The van der Waals surface area contributed by atoms with Crippen molar-refractivity contribution in [2.24, 2.45) is 5.41 Å². The predicted molar refractivity (Wildman–Crippen MR) is 83.5 cm³/mol. The van der Waals surface area contributed by atoms with Crippen LogP contribution in [0.3, 0.4) is 0 Å². The second-order valence-electron chi connectivity index (χ2n) is 6.31. The molecule has 1 unspecified atom stereocenters. The Labute approximate surface area is 123 Å². The Balaban J connectivity index is 2.22. The van der Waals surface area contributed by atoms with Crippen LogP contribution >= 0.6 is 0 Å². The van der Waals surface area contributed by atoms with E-state index in [1.807, 2.05) is 6.07 Å². The predicted octanol–water partition coefficient (Wildman–Crippen LogP) is 4.63. The third kappa shape index (κ3) is 3.22. The van der Waals surface area contributed by atoms with Crippen molar-refractivity contribution in [3.8, 4) is 0 Å². The lowest BCUT2D eigenvalue weighted by atomic mass is 9.73. The third-order valence-corrected chi connectivity index (χ3v) is 5.23. The number of benzene rings is 1. The van der Waals surface area contributed by atoms with Crippen molar-refractivity contribution in [2.75, 3.05) is 6.54 Å². The lowest BCUT2D eigenvalue weighted by molar-refractivity contribution is 0.186. The van der Waals surface area contributed by atoms with Crippen molar-refractivity contribution in [3.05, 3.63) is 35.1 Å². The molecule has 1 aromatic rings. The van der Waals surface area contributed by atoms with Gasteiger partial charge in [0, 0.05) is 6.04 Å². The lowest BCUT2D eigenvalue weighted by Crippen LogP contribution is -2.45. The van der Waals surface area contributed by atoms with Gasteiger partial charge in [0.1, 0.15) is 5.82 Å². The number of hydrogen-bond acceptors (Lipinski definition) is 1. The standard InChI is InChI=1S/C18H28FN/c1-4-18(10-6-7-11-18)17(20-5-2)13-15-12-16(19)9-8-14(15)3/h8-9,12,17,20H,4-7,10-11,13H2,1-3H3. The summed E-state index contributed by atoms with van der Waals surface area (Å²) in [5, 5.41) is 3.69. The minimum atomic E-state index is -0.113. The highest BCUT2D eigenvalue weighted by atomic mass is 19.1. The van der Waals surface area contributed by atoms with Crippen LogP contribution in [0, 0.1) is 18.2 Å². The molecule has 1 aliphatic rings. The molecule has 0 saturated heterocycles. The first-order valence-electron chi connectivity index (χ1n) is 8.09. The maximum absolute atomic E-state index is 13.5. The van der Waals surface area contributed by atoms with Gasteiger partial charge in [-0.05, 0) is 67.8 Å². The summed E-state index contributed by atoms with van der Waals surface area (Å²) in [6.45, 7) is 7.56. The minimum absolute atomic E-state index is 0.113. The lowest BCUT2D eigenvalue weighted by Gasteiger charge is -2.38. The van der Waals surface area contributed by atoms with Gasteiger partial charge in [-0.1, -0.05) is 32.8 Å². The van der Waals surface area contributed by atoms with Gasteiger partial charge in [0.25, 0.3) is 0 Å². The van der Waals surface area contributed by atoms with Crippen LogP contribution in [-0.4, -0.2) is 12.6 Å². The molecule has 1 N–H and O–H groups in total. The normalized spacial score (nSPS) is 19.2. The SMILES string of the molecule is CCNC(Cc1cc(F)ccc1C)C1(CC)CCCC1. The van der Waals surface area contributed by atoms with E-state index < -0.39 is 0 Å². The molecule has 0 bridgehead atoms. The highest BCUT2D eigenvalue weighted by Gasteiger charge is 2.39. The average molecular weight is 277 g/mol. The second-order valence-corrected chi connectivity index (χ2v) is 6.31. The fraction of sp³-hybridized carbons (Fsp3) is 0.667. The molecular formula is C18H28FN. The topological polar surface area (TPSA) is 12.0 Å². The van der Waals surface area contributed by atoms with E-state index in [0.717, 1.165) is 18.5 Å². The second kappa shape index (κ2) is 6.71. The highest BCUT2D eigenvalue weighted by molar-refractivity contribution is 5.28. The zero-order chi connectivity index (χ0) is 14.6. The van der Waals surface area contributed by atoms with E-state index in [4.69, 9.17) is 0 Å². The van der Waals surface area contributed by atoms with Crippen LogP contribution in [0.25, 0.3) is 0 Å². The molecule has 1 atom stereocenters. The van der Waals surface area contributed by atoms with E-state index >= 15 is 0 Å². The number of nitrogens with one attached hydrogen (secondary N) is 1. The highest BCUT2D eigenvalue weighted by Crippen LogP contribution is 2.44. The number of rotatable bonds is 6. The molecule has 0 aliphatic heterocycles. The Morgan fingerprint density at radius 3 is 2.55 bits per heavy atom. The first kappa shape index (κ1) is 15.5. The molecule has 0 amide bonds. The van der Waals surface area contributed by atoms with Crippen LogP contribution in [-0.2, 0) is 6.42 Å². The summed E-state index contributed by atoms with van der Waals surface area (Å²) < 4.78 is 13.5. The smallest absolute Gasteiger partial charge is 0.123 e. The van der Waals surface area contributed by atoms with Crippen LogP contribution < -0.4 is 5.32 Å². The summed E-state index contributed by atoms with van der Waals surface area (Å²) in [5.74, 6) is -0.113. The third-order valence-electron chi connectivity index (χ3n) is 5.23. The van der Waals surface area contributed by atoms with Crippen LogP contribution in [0.15, 0.2) is 18.2 Å². The summed E-state index contributed by atoms with van der Waals surface area (Å²) in [4.78, 5) is 0. The molecule has 112 valence electrons. The fourth-order valence-electron chi connectivity index (χ4n) is 3.86. The quantitative estimate of drug-likeness (QED) is 0.799. The van der Waals surface area contributed by atoms with Gasteiger partial charge in [0.15, 0.2) is 0 Å². The van der Waals surface area contributed by atoms with E-state index in [-0.39, 0.29) is 5.82 Å². The fourth-order valence-corrected chi connectivity index (χ4v) is 3.86. The van der Waals surface area contributed by atoms with E-state index in [0.29, 0.717) is 11.5 Å². The molecule has 1 nitrogen and oxygen atoms in total. The number of hydrogen-bond donors (Lipinski definition) is 1. The first-order valence-corrected chi connectivity index (χ1v) is 8.09. The van der Waals surface area contributed by atoms with E-state index in [9.17, 15) is 4.39 Å². The molecule has 20 heavy (non-hydrogen) atoms. The Bertz CT molecular complexity index is 435. The molecule has 1 aliphatic carbocycles. The molecule has 2 heteroatoms. The van der Waals surface area contributed by atoms with Gasteiger partial charge >= 0.3 is 0 Å². The van der Waals surface area contributed by atoms with Crippen molar-refractivity contribution in [1.29, 1.82) is 0 Å². The summed E-state index contributed by atoms with van der Waals surface area (Å²) in [7, 11) is 0. The Kier molecular flexibility index (Phi) is 5.20. The summed E-state index contributed by atoms with van der Waals surface area (Å²) in [6, 6.07) is 5.66. The van der Waals surface area contributed by atoms with Gasteiger partial charge < -0.3 is 5.32 Å². The van der Waals surface area contributed by atoms with Crippen molar-refractivity contribution in [1.82, 2.24) is 5.32 Å². The molecule has 0 aromatic heterocycles. The summed E-state index contributed by atoms with van der Waals surface area (Å²) in [5.41, 5.74) is 2.78. The van der Waals surface area contributed by atoms with Crippen LogP contribution in [0.4, 0.5) is 4.39 Å². The first-order chi connectivity index (χ1) is 9.61. The number of halogens is 1. The van der Waals surface area contributed by atoms with Crippen molar-refractivity contribution >= 4 is 0 Å². The van der Waals surface area contributed by atoms with E-state index in [2.05, 4.69) is 26.1 Å². The van der Waals surface area contributed by atoms with Gasteiger partial charge in [-0.2, -0.15) is 0 Å². The molecule has 1 aromatic carbocycles. The van der Waals surface area contributed by atoms with Gasteiger partial charge in [-0.15, -0.1) is 0 Å².